The summed E-state index contributed by atoms with van der Waals surface area (Å²) < 4.78 is 36.9. The third kappa shape index (κ3) is 3.91. The number of nitrogens with zero attached hydrogens (tertiary/aromatic N) is 4. The summed E-state index contributed by atoms with van der Waals surface area (Å²) >= 11 is 0. The molecule has 35 heavy (non-hydrogen) atoms. The molecule has 2 aromatic rings. The lowest BCUT2D eigenvalue weighted by Gasteiger charge is -2.35. The number of rotatable bonds is 5. The lowest BCUT2D eigenvalue weighted by atomic mass is 10.0. The molecule has 2 atom stereocenters. The molecule has 1 saturated carbocycles. The second kappa shape index (κ2) is 8.69. The largest absolute Gasteiger partial charge is 0.377 e. The number of hydrogen-bond donors (Lipinski definition) is 1. The molecule has 0 bridgehead atoms. The molecule has 1 aliphatic carbocycles. The van der Waals surface area contributed by atoms with Gasteiger partial charge < -0.3 is 14.4 Å². The summed E-state index contributed by atoms with van der Waals surface area (Å²) in [5, 5.41) is 2.94. The minimum Gasteiger partial charge on any atom is -0.377 e. The Labute approximate surface area is 206 Å². The molecule has 6 rings (SSSR count). The minimum atomic E-state index is -3.31. The number of fused-ring (bicyclic) bond motifs is 1. The number of pyridine rings is 2. The van der Waals surface area contributed by atoms with Crippen LogP contribution in [0.3, 0.4) is 0 Å². The molecule has 9 nitrogen and oxygen atoms in total. The van der Waals surface area contributed by atoms with E-state index in [4.69, 9.17) is 19.4 Å². The Hall–Kier alpha value is -2.27. The summed E-state index contributed by atoms with van der Waals surface area (Å²) in [5.74, 6) is 0.791. The summed E-state index contributed by atoms with van der Waals surface area (Å²) in [6.45, 7) is 5.51. The molecule has 0 spiro atoms. The van der Waals surface area contributed by atoms with Crippen LogP contribution < -0.4 is 10.3 Å². The van der Waals surface area contributed by atoms with Crippen molar-refractivity contribution in [3.63, 3.8) is 0 Å². The van der Waals surface area contributed by atoms with Gasteiger partial charge in [-0.3, -0.25) is 9.99 Å². The van der Waals surface area contributed by atoms with Gasteiger partial charge in [-0.15, -0.1) is 0 Å². The number of morpholine rings is 1. The molecule has 4 aliphatic rings. The van der Waals surface area contributed by atoms with Gasteiger partial charge in [-0.25, -0.2) is 18.8 Å². The van der Waals surface area contributed by atoms with E-state index in [1.807, 2.05) is 12.1 Å². The summed E-state index contributed by atoms with van der Waals surface area (Å²) in [7, 11) is -3.31. The zero-order chi connectivity index (χ0) is 24.2. The van der Waals surface area contributed by atoms with Gasteiger partial charge >= 0.3 is 0 Å². The second-order valence-electron chi connectivity index (χ2n) is 10.1. The summed E-state index contributed by atoms with van der Waals surface area (Å²) in [5.41, 5.74) is 6.71. The molecular weight excluding hydrogens is 466 g/mol. The van der Waals surface area contributed by atoms with Crippen molar-refractivity contribution < 1.29 is 17.9 Å². The molecule has 0 radical (unpaired) electrons. The zero-order valence-corrected chi connectivity index (χ0v) is 21.2. The van der Waals surface area contributed by atoms with Gasteiger partial charge in [0.2, 0.25) is 0 Å². The van der Waals surface area contributed by atoms with Gasteiger partial charge in [0, 0.05) is 37.5 Å². The van der Waals surface area contributed by atoms with E-state index in [1.165, 1.54) is 6.26 Å². The van der Waals surface area contributed by atoms with Crippen molar-refractivity contribution in [3.05, 3.63) is 35.7 Å². The average molecular weight is 500 g/mol. The van der Waals surface area contributed by atoms with Crippen molar-refractivity contribution in [2.24, 2.45) is 0 Å². The Morgan fingerprint density at radius 3 is 2.80 bits per heavy atom. The smallest absolute Gasteiger partial charge is 0.157 e. The Morgan fingerprint density at radius 1 is 1.23 bits per heavy atom. The Bertz CT molecular complexity index is 1270. The highest BCUT2D eigenvalue weighted by atomic mass is 32.2. The van der Waals surface area contributed by atoms with Crippen molar-refractivity contribution in [1.82, 2.24) is 20.4 Å². The fourth-order valence-corrected chi connectivity index (χ4v) is 7.10. The summed E-state index contributed by atoms with van der Waals surface area (Å²) in [6, 6.07) is 4.07. The minimum absolute atomic E-state index is 0.0535. The van der Waals surface area contributed by atoms with Crippen molar-refractivity contribution in [2.75, 3.05) is 44.1 Å². The normalized spacial score (nSPS) is 26.7. The Balaban J connectivity index is 1.53. The van der Waals surface area contributed by atoms with Crippen LogP contribution in [0.2, 0.25) is 0 Å². The molecule has 3 aliphatic heterocycles. The van der Waals surface area contributed by atoms with Crippen molar-refractivity contribution in [2.45, 2.75) is 56.0 Å². The highest BCUT2D eigenvalue weighted by Crippen LogP contribution is 2.55. The molecule has 5 heterocycles. The summed E-state index contributed by atoms with van der Waals surface area (Å²) in [6.07, 6.45) is 9.61. The van der Waals surface area contributed by atoms with E-state index in [9.17, 15) is 8.42 Å². The SMILES string of the molecule is C[C@@H]1COCCN1c1cc(C2(S(C)(=O)=O)CC2)c2ccnc(C3=CCNN3C3CCCCO3)c2n1. The van der Waals surface area contributed by atoms with E-state index in [-0.39, 0.29) is 12.3 Å². The van der Waals surface area contributed by atoms with Crippen molar-refractivity contribution >= 4 is 32.3 Å². The summed E-state index contributed by atoms with van der Waals surface area (Å²) in [4.78, 5) is 12.1. The van der Waals surface area contributed by atoms with Crippen LogP contribution in [0.25, 0.3) is 16.6 Å². The monoisotopic (exact) mass is 499 g/mol. The number of hydrazine groups is 1. The van der Waals surface area contributed by atoms with Gasteiger partial charge in [0.1, 0.15) is 23.3 Å². The first-order valence-corrected chi connectivity index (χ1v) is 14.5. The first-order chi connectivity index (χ1) is 16.9. The van der Waals surface area contributed by atoms with Gasteiger partial charge in [-0.05, 0) is 62.8 Å². The molecule has 1 N–H and O–H groups in total. The lowest BCUT2D eigenvalue weighted by molar-refractivity contribution is -0.0746. The highest BCUT2D eigenvalue weighted by molar-refractivity contribution is 7.92. The van der Waals surface area contributed by atoms with E-state index in [2.05, 4.69) is 28.3 Å². The third-order valence-corrected chi connectivity index (χ3v) is 9.83. The lowest BCUT2D eigenvalue weighted by Crippen LogP contribution is -2.44. The number of anilines is 1. The maximum atomic E-state index is 13.0. The highest BCUT2D eigenvalue weighted by Gasteiger charge is 2.54. The Kier molecular flexibility index (Phi) is 5.75. The van der Waals surface area contributed by atoms with Crippen LogP contribution >= 0.6 is 0 Å². The predicted molar refractivity (Wildman–Crippen MR) is 134 cm³/mol. The van der Waals surface area contributed by atoms with Gasteiger partial charge in [-0.1, -0.05) is 0 Å². The van der Waals surface area contributed by atoms with Crippen LogP contribution in [0.4, 0.5) is 5.82 Å². The van der Waals surface area contributed by atoms with Crippen molar-refractivity contribution in [1.29, 1.82) is 0 Å². The van der Waals surface area contributed by atoms with Gasteiger partial charge in [0.05, 0.1) is 29.7 Å². The molecule has 3 fully saturated rings. The van der Waals surface area contributed by atoms with Crippen LogP contribution in [0, 0.1) is 0 Å². The van der Waals surface area contributed by atoms with Crippen LogP contribution in [0.1, 0.15) is 50.3 Å². The number of aromatic nitrogens is 2. The number of hydrogen-bond acceptors (Lipinski definition) is 9. The topological polar surface area (TPSA) is 96.9 Å². The van der Waals surface area contributed by atoms with Gasteiger partial charge in [-0.2, -0.15) is 0 Å². The van der Waals surface area contributed by atoms with E-state index < -0.39 is 14.6 Å². The van der Waals surface area contributed by atoms with Gasteiger partial charge in [0.15, 0.2) is 9.84 Å². The molecule has 188 valence electrons. The van der Waals surface area contributed by atoms with Crippen LogP contribution in [0.15, 0.2) is 24.4 Å². The first-order valence-electron chi connectivity index (χ1n) is 12.6. The Morgan fingerprint density at radius 2 is 2.09 bits per heavy atom. The molecule has 10 heteroatoms. The number of nitrogens with one attached hydrogen (secondary N) is 1. The van der Waals surface area contributed by atoms with E-state index in [0.29, 0.717) is 39.1 Å². The molecule has 1 unspecified atom stereocenters. The van der Waals surface area contributed by atoms with Crippen LogP contribution in [-0.4, -0.2) is 74.8 Å². The molecule has 0 aromatic carbocycles. The van der Waals surface area contributed by atoms with Crippen LogP contribution in [0.5, 0.6) is 0 Å². The van der Waals surface area contributed by atoms with E-state index in [1.54, 1.807) is 6.20 Å². The predicted octanol–water partition coefficient (Wildman–Crippen LogP) is 2.58. The van der Waals surface area contributed by atoms with Crippen molar-refractivity contribution in [3.8, 4) is 0 Å². The standard InChI is InChI=1S/C25H33N5O4S/c1-17-16-33-14-12-29(17)21-15-19(25(8-9-25)35(2,31)32)18-6-10-26-24(23(18)28-21)20-7-11-27-30(20)22-5-3-4-13-34-22/h6-7,10,15,17,22,27H,3-5,8-9,11-14,16H2,1-2H3/t17-,22?/m1/s1. The molecule has 2 saturated heterocycles. The number of sulfone groups is 1. The zero-order valence-electron chi connectivity index (χ0n) is 20.4. The fraction of sp³-hybridized carbons (Fsp3) is 0.600. The average Bonchev–Trinajstić information content (AvgIpc) is 3.55. The fourth-order valence-electron chi connectivity index (χ4n) is 5.69. The maximum absolute atomic E-state index is 13.0. The third-order valence-electron chi connectivity index (χ3n) is 7.78. The number of ether oxygens (including phenoxy) is 2. The molecular formula is C25H33N5O4S. The van der Waals surface area contributed by atoms with E-state index in [0.717, 1.165) is 59.5 Å². The quantitative estimate of drug-likeness (QED) is 0.666. The first kappa shape index (κ1) is 23.1. The molecule has 0 amide bonds. The van der Waals surface area contributed by atoms with E-state index >= 15 is 0 Å². The maximum Gasteiger partial charge on any atom is 0.157 e. The molecule has 2 aromatic heterocycles. The second-order valence-corrected chi connectivity index (χ2v) is 12.4. The van der Waals surface area contributed by atoms with Gasteiger partial charge in [0.25, 0.3) is 0 Å². The van der Waals surface area contributed by atoms with Crippen LogP contribution in [-0.2, 0) is 24.1 Å².